The zero-order chi connectivity index (χ0) is 11.8. The van der Waals surface area contributed by atoms with Gasteiger partial charge in [-0.15, -0.1) is 0 Å². The summed E-state index contributed by atoms with van der Waals surface area (Å²) in [7, 11) is 3.72. The molecule has 0 aliphatic carbocycles. The van der Waals surface area contributed by atoms with Gasteiger partial charge in [0, 0.05) is 14.1 Å². The van der Waals surface area contributed by atoms with Gasteiger partial charge in [0.25, 0.3) is 0 Å². The third-order valence-corrected chi connectivity index (χ3v) is 1.68. The van der Waals surface area contributed by atoms with Gasteiger partial charge in [-0.25, -0.2) is 0 Å². The molecule has 0 aromatic rings. The standard InChI is InChI=1S/C12H24N2O/c1-9(2)7-11(13-5)15-12(14-6)8-10(3)4/h7-10,13-14H,1-6H3. The summed E-state index contributed by atoms with van der Waals surface area (Å²) in [4.78, 5) is 0. The minimum atomic E-state index is 0.463. The Morgan fingerprint density at radius 2 is 1.20 bits per heavy atom. The second-order valence-electron chi connectivity index (χ2n) is 4.15. The Labute approximate surface area is 93.6 Å². The van der Waals surface area contributed by atoms with E-state index in [0.717, 1.165) is 11.8 Å². The van der Waals surface area contributed by atoms with Crippen LogP contribution in [0, 0.1) is 11.8 Å². The van der Waals surface area contributed by atoms with Crippen LogP contribution < -0.4 is 10.6 Å². The van der Waals surface area contributed by atoms with Crippen molar-refractivity contribution in [2.75, 3.05) is 14.1 Å². The molecule has 88 valence electrons. The van der Waals surface area contributed by atoms with Crippen LogP contribution in [-0.2, 0) is 4.74 Å². The van der Waals surface area contributed by atoms with E-state index >= 15 is 0 Å². The summed E-state index contributed by atoms with van der Waals surface area (Å²) < 4.78 is 5.67. The number of hydrogen-bond donors (Lipinski definition) is 2. The lowest BCUT2D eigenvalue weighted by molar-refractivity contribution is 0.253. The molecule has 0 spiro atoms. The van der Waals surface area contributed by atoms with E-state index in [0.29, 0.717) is 11.8 Å². The van der Waals surface area contributed by atoms with E-state index in [2.05, 4.69) is 38.3 Å². The van der Waals surface area contributed by atoms with Crippen LogP contribution >= 0.6 is 0 Å². The molecule has 0 heterocycles. The molecule has 0 aliphatic heterocycles. The lowest BCUT2D eigenvalue weighted by Gasteiger charge is -2.14. The van der Waals surface area contributed by atoms with E-state index < -0.39 is 0 Å². The van der Waals surface area contributed by atoms with Crippen LogP contribution in [-0.4, -0.2) is 14.1 Å². The molecule has 0 fully saturated rings. The van der Waals surface area contributed by atoms with Crippen molar-refractivity contribution in [2.24, 2.45) is 11.8 Å². The lowest BCUT2D eigenvalue weighted by atomic mass is 10.2. The number of hydrogen-bond acceptors (Lipinski definition) is 3. The van der Waals surface area contributed by atoms with Crippen LogP contribution in [0.4, 0.5) is 0 Å². The average molecular weight is 212 g/mol. The first-order valence-corrected chi connectivity index (χ1v) is 5.46. The van der Waals surface area contributed by atoms with Gasteiger partial charge < -0.3 is 15.4 Å². The SMILES string of the molecule is CNC(=CC(C)C)OC(=CC(C)C)NC. The predicted octanol–water partition coefficient (Wildman–Crippen LogP) is 2.44. The molecule has 3 nitrogen and oxygen atoms in total. The molecule has 0 saturated carbocycles. The minimum Gasteiger partial charge on any atom is -0.426 e. The average Bonchev–Trinajstić information content (AvgIpc) is 2.14. The molecule has 0 aromatic carbocycles. The van der Waals surface area contributed by atoms with E-state index in [1.165, 1.54) is 0 Å². The first kappa shape index (κ1) is 13.9. The van der Waals surface area contributed by atoms with Crippen molar-refractivity contribution in [3.63, 3.8) is 0 Å². The Kier molecular flexibility index (Phi) is 6.67. The molecular formula is C12H24N2O. The highest BCUT2D eigenvalue weighted by atomic mass is 16.5. The van der Waals surface area contributed by atoms with Gasteiger partial charge in [0.2, 0.25) is 0 Å². The maximum absolute atomic E-state index is 5.67. The lowest BCUT2D eigenvalue weighted by Crippen LogP contribution is -2.17. The van der Waals surface area contributed by atoms with Crippen molar-refractivity contribution >= 4 is 0 Å². The van der Waals surface area contributed by atoms with Crippen LogP contribution in [0.15, 0.2) is 23.9 Å². The topological polar surface area (TPSA) is 33.3 Å². The second kappa shape index (κ2) is 7.21. The second-order valence-corrected chi connectivity index (χ2v) is 4.15. The quantitative estimate of drug-likeness (QED) is 0.663. The fraction of sp³-hybridized carbons (Fsp3) is 0.667. The van der Waals surface area contributed by atoms with E-state index in [1.807, 2.05) is 26.2 Å². The third-order valence-electron chi connectivity index (χ3n) is 1.68. The van der Waals surface area contributed by atoms with Crippen molar-refractivity contribution in [3.05, 3.63) is 23.9 Å². The Morgan fingerprint density at radius 1 is 0.867 bits per heavy atom. The van der Waals surface area contributed by atoms with Gasteiger partial charge in [-0.3, -0.25) is 0 Å². The van der Waals surface area contributed by atoms with Gasteiger partial charge in [-0.05, 0) is 24.0 Å². The van der Waals surface area contributed by atoms with Crippen molar-refractivity contribution in [1.82, 2.24) is 10.6 Å². The fourth-order valence-corrected chi connectivity index (χ4v) is 1.06. The molecule has 3 heteroatoms. The summed E-state index contributed by atoms with van der Waals surface area (Å²) in [6.45, 7) is 8.47. The highest BCUT2D eigenvalue weighted by molar-refractivity contribution is 5.00. The molecule has 0 radical (unpaired) electrons. The van der Waals surface area contributed by atoms with E-state index in [9.17, 15) is 0 Å². The number of rotatable bonds is 6. The first-order valence-electron chi connectivity index (χ1n) is 5.46. The van der Waals surface area contributed by atoms with Gasteiger partial charge in [-0.2, -0.15) is 0 Å². The van der Waals surface area contributed by atoms with Gasteiger partial charge >= 0.3 is 0 Å². The van der Waals surface area contributed by atoms with Crippen LogP contribution in [0.3, 0.4) is 0 Å². The Morgan fingerprint density at radius 3 is 1.40 bits per heavy atom. The van der Waals surface area contributed by atoms with Gasteiger partial charge in [0.05, 0.1) is 0 Å². The molecule has 0 saturated heterocycles. The highest BCUT2D eigenvalue weighted by Gasteiger charge is 2.02. The van der Waals surface area contributed by atoms with Crippen LogP contribution in [0.25, 0.3) is 0 Å². The van der Waals surface area contributed by atoms with Crippen molar-refractivity contribution in [3.8, 4) is 0 Å². The number of allylic oxidation sites excluding steroid dienone is 2. The zero-order valence-electron chi connectivity index (χ0n) is 10.7. The zero-order valence-corrected chi connectivity index (χ0v) is 10.7. The maximum atomic E-state index is 5.67. The Bertz CT molecular complexity index is 206. The van der Waals surface area contributed by atoms with Crippen molar-refractivity contribution in [2.45, 2.75) is 27.7 Å². The molecule has 15 heavy (non-hydrogen) atoms. The van der Waals surface area contributed by atoms with Crippen LogP contribution in [0.2, 0.25) is 0 Å². The summed E-state index contributed by atoms with van der Waals surface area (Å²) >= 11 is 0. The summed E-state index contributed by atoms with van der Waals surface area (Å²) in [5.74, 6) is 2.49. The smallest absolute Gasteiger partial charge is 0.191 e. The van der Waals surface area contributed by atoms with E-state index in [4.69, 9.17) is 4.74 Å². The van der Waals surface area contributed by atoms with Crippen LogP contribution in [0.1, 0.15) is 27.7 Å². The number of nitrogens with one attached hydrogen (secondary N) is 2. The Hall–Kier alpha value is -1.12. The summed E-state index contributed by atoms with van der Waals surface area (Å²) in [6.07, 6.45) is 4.09. The third kappa shape index (κ3) is 6.89. The van der Waals surface area contributed by atoms with Gasteiger partial charge in [0.1, 0.15) is 0 Å². The molecule has 0 atom stereocenters. The molecule has 0 amide bonds. The molecule has 0 aliphatic rings. The molecular weight excluding hydrogens is 188 g/mol. The normalized spacial score (nSPS) is 13.3. The minimum absolute atomic E-state index is 0.463. The fourth-order valence-electron chi connectivity index (χ4n) is 1.06. The molecule has 0 bridgehead atoms. The van der Waals surface area contributed by atoms with Gasteiger partial charge in [-0.1, -0.05) is 27.7 Å². The predicted molar refractivity (Wildman–Crippen MR) is 65.0 cm³/mol. The summed E-state index contributed by atoms with van der Waals surface area (Å²) in [6, 6.07) is 0. The maximum Gasteiger partial charge on any atom is 0.191 e. The molecule has 0 unspecified atom stereocenters. The van der Waals surface area contributed by atoms with E-state index in [-0.39, 0.29) is 0 Å². The summed E-state index contributed by atoms with van der Waals surface area (Å²) in [5, 5.41) is 6.06. The molecule has 0 aromatic heterocycles. The van der Waals surface area contributed by atoms with E-state index in [1.54, 1.807) is 0 Å². The largest absolute Gasteiger partial charge is 0.426 e. The molecule has 2 N–H and O–H groups in total. The van der Waals surface area contributed by atoms with Crippen molar-refractivity contribution < 1.29 is 4.74 Å². The van der Waals surface area contributed by atoms with Crippen molar-refractivity contribution in [1.29, 1.82) is 0 Å². The monoisotopic (exact) mass is 212 g/mol. The van der Waals surface area contributed by atoms with Gasteiger partial charge in [0.15, 0.2) is 11.8 Å². The van der Waals surface area contributed by atoms with Crippen LogP contribution in [0.5, 0.6) is 0 Å². The Balaban J connectivity index is 4.51. The molecule has 0 rings (SSSR count). The first-order chi connectivity index (χ1) is 6.99. The highest BCUT2D eigenvalue weighted by Crippen LogP contribution is 2.07. The number of ether oxygens (including phenoxy) is 1. The summed E-state index contributed by atoms with van der Waals surface area (Å²) in [5.41, 5.74) is 0.